The van der Waals surface area contributed by atoms with Gasteiger partial charge in [0.1, 0.15) is 5.75 Å². The van der Waals surface area contributed by atoms with Crippen LogP contribution in [0.3, 0.4) is 0 Å². The van der Waals surface area contributed by atoms with Crippen LogP contribution < -0.4 is 10.5 Å². The Morgan fingerprint density at radius 3 is 3.11 bits per heavy atom. The second-order valence-electron chi connectivity index (χ2n) is 4.68. The minimum Gasteiger partial charge on any atom is -0.493 e. The molecule has 1 aliphatic heterocycles. The van der Waals surface area contributed by atoms with Gasteiger partial charge in [-0.05, 0) is 24.1 Å². The van der Waals surface area contributed by atoms with Gasteiger partial charge in [0, 0.05) is 37.1 Å². The number of methoxy groups -OCH3 is 1. The van der Waals surface area contributed by atoms with E-state index in [1.165, 1.54) is 0 Å². The molecule has 0 fully saturated rings. The Kier molecular flexibility index (Phi) is 4.80. The van der Waals surface area contributed by atoms with E-state index in [0.29, 0.717) is 24.7 Å². The van der Waals surface area contributed by atoms with E-state index >= 15 is 0 Å². The maximum atomic E-state index is 12.1. The zero-order valence-electron chi connectivity index (χ0n) is 10.9. The average molecular weight is 284 g/mol. The monoisotopic (exact) mass is 283 g/mol. The molecule has 2 rings (SSSR count). The molecule has 2 N–H and O–H groups in total. The smallest absolute Gasteiger partial charge is 0.154 e. The summed E-state index contributed by atoms with van der Waals surface area (Å²) >= 11 is 6.06. The van der Waals surface area contributed by atoms with Crippen molar-refractivity contribution in [1.82, 2.24) is 0 Å². The lowest BCUT2D eigenvalue weighted by Gasteiger charge is -2.12. The number of Topliss-reactive ketones (excluding diaryl/α,β-unsaturated/α-hetero) is 1. The number of halogens is 1. The summed E-state index contributed by atoms with van der Waals surface area (Å²) in [6, 6.07) is 3.17. The van der Waals surface area contributed by atoms with Crippen LogP contribution in [-0.2, 0) is 22.4 Å². The number of benzene rings is 1. The van der Waals surface area contributed by atoms with Crippen molar-refractivity contribution < 1.29 is 14.3 Å². The molecule has 1 heterocycles. The largest absolute Gasteiger partial charge is 0.493 e. The summed E-state index contributed by atoms with van der Waals surface area (Å²) in [7, 11) is 1.59. The Bertz CT molecular complexity index is 476. The quantitative estimate of drug-likeness (QED) is 0.864. The number of ketones is 1. The van der Waals surface area contributed by atoms with Gasteiger partial charge < -0.3 is 15.2 Å². The molecular weight excluding hydrogens is 266 g/mol. The van der Waals surface area contributed by atoms with Crippen LogP contribution in [0.4, 0.5) is 0 Å². The molecule has 0 saturated heterocycles. The molecule has 0 amide bonds. The summed E-state index contributed by atoms with van der Waals surface area (Å²) in [4.78, 5) is 12.1. The Morgan fingerprint density at radius 2 is 2.37 bits per heavy atom. The highest BCUT2D eigenvalue weighted by molar-refractivity contribution is 6.30. The number of hydrogen-bond donors (Lipinski definition) is 1. The third-order valence-corrected chi connectivity index (χ3v) is 3.45. The van der Waals surface area contributed by atoms with Crippen molar-refractivity contribution in [3.63, 3.8) is 0 Å². The molecule has 1 aromatic rings. The third kappa shape index (κ3) is 3.47. The van der Waals surface area contributed by atoms with Gasteiger partial charge in [-0.15, -0.1) is 0 Å². The first kappa shape index (κ1) is 14.3. The molecule has 1 aliphatic rings. The van der Waals surface area contributed by atoms with E-state index < -0.39 is 6.04 Å². The predicted octanol–water partition coefficient (Wildman–Crippen LogP) is 1.75. The lowest BCUT2D eigenvalue weighted by Crippen LogP contribution is -2.33. The Hall–Kier alpha value is -1.10. The SMILES string of the molecule is COCCC(N)C(=O)Cc1cc(Cl)cc2c1OCC2. The van der Waals surface area contributed by atoms with Gasteiger partial charge in [0.25, 0.3) is 0 Å². The molecule has 1 unspecified atom stereocenters. The molecule has 0 spiro atoms. The Balaban J connectivity index is 2.09. The van der Waals surface area contributed by atoms with E-state index in [-0.39, 0.29) is 12.2 Å². The van der Waals surface area contributed by atoms with Gasteiger partial charge in [0.15, 0.2) is 5.78 Å². The van der Waals surface area contributed by atoms with Crippen LogP contribution in [0, 0.1) is 0 Å². The number of rotatable bonds is 6. The van der Waals surface area contributed by atoms with Gasteiger partial charge >= 0.3 is 0 Å². The van der Waals surface area contributed by atoms with Crippen LogP contribution in [0.2, 0.25) is 5.02 Å². The number of hydrogen-bond acceptors (Lipinski definition) is 4. The fraction of sp³-hybridized carbons (Fsp3) is 0.500. The summed E-state index contributed by atoms with van der Waals surface area (Å²) in [5, 5.41) is 0.637. The van der Waals surface area contributed by atoms with Gasteiger partial charge in [-0.3, -0.25) is 4.79 Å². The molecule has 1 aromatic carbocycles. The third-order valence-electron chi connectivity index (χ3n) is 3.24. The topological polar surface area (TPSA) is 61.5 Å². The Labute approximate surface area is 117 Å². The maximum absolute atomic E-state index is 12.1. The first-order valence-corrected chi connectivity index (χ1v) is 6.71. The summed E-state index contributed by atoms with van der Waals surface area (Å²) in [5.41, 5.74) is 7.73. The lowest BCUT2D eigenvalue weighted by molar-refractivity contribution is -0.120. The van der Waals surface area contributed by atoms with Crippen molar-refractivity contribution in [3.8, 4) is 5.75 Å². The minimum atomic E-state index is -0.504. The number of carbonyl (C=O) groups excluding carboxylic acids is 1. The molecule has 0 aromatic heterocycles. The first-order chi connectivity index (χ1) is 9.11. The molecule has 5 heteroatoms. The van der Waals surface area contributed by atoms with E-state index in [4.69, 9.17) is 26.8 Å². The number of carbonyl (C=O) groups is 1. The standard InChI is InChI=1S/C14H18ClNO3/c1-18-4-3-12(16)13(17)8-10-7-11(15)6-9-2-5-19-14(9)10/h6-7,12H,2-5,8,16H2,1H3. The average Bonchev–Trinajstić information content (AvgIpc) is 2.83. The number of nitrogens with two attached hydrogens (primary N) is 1. The normalized spacial score (nSPS) is 14.9. The van der Waals surface area contributed by atoms with Crippen LogP contribution in [-0.4, -0.2) is 32.1 Å². The second-order valence-corrected chi connectivity index (χ2v) is 5.12. The summed E-state index contributed by atoms with van der Waals surface area (Å²) in [5.74, 6) is 0.786. The van der Waals surface area contributed by atoms with Gasteiger partial charge in [0.05, 0.1) is 12.6 Å². The molecule has 4 nitrogen and oxygen atoms in total. The van der Waals surface area contributed by atoms with E-state index in [1.54, 1.807) is 13.2 Å². The molecular formula is C14H18ClNO3. The van der Waals surface area contributed by atoms with Gasteiger partial charge in [-0.1, -0.05) is 11.6 Å². The summed E-state index contributed by atoms with van der Waals surface area (Å²) in [6.07, 6.45) is 1.62. The molecule has 0 radical (unpaired) electrons. The van der Waals surface area contributed by atoms with Gasteiger partial charge in [-0.2, -0.15) is 0 Å². The van der Waals surface area contributed by atoms with Crippen LogP contribution in [0.1, 0.15) is 17.5 Å². The maximum Gasteiger partial charge on any atom is 0.154 e. The molecule has 0 saturated carbocycles. The van der Waals surface area contributed by atoms with Crippen LogP contribution in [0.15, 0.2) is 12.1 Å². The highest BCUT2D eigenvalue weighted by Gasteiger charge is 2.21. The van der Waals surface area contributed by atoms with Crippen LogP contribution in [0.5, 0.6) is 5.75 Å². The van der Waals surface area contributed by atoms with Crippen molar-refractivity contribution in [2.75, 3.05) is 20.3 Å². The first-order valence-electron chi connectivity index (χ1n) is 6.33. The van der Waals surface area contributed by atoms with Crippen molar-refractivity contribution in [2.45, 2.75) is 25.3 Å². The summed E-state index contributed by atoms with van der Waals surface area (Å²) < 4.78 is 10.5. The summed E-state index contributed by atoms with van der Waals surface area (Å²) in [6.45, 7) is 1.13. The van der Waals surface area contributed by atoms with Crippen LogP contribution >= 0.6 is 11.6 Å². The fourth-order valence-corrected chi connectivity index (χ4v) is 2.47. The highest BCUT2D eigenvalue weighted by atomic mass is 35.5. The zero-order valence-corrected chi connectivity index (χ0v) is 11.7. The van der Waals surface area contributed by atoms with E-state index in [9.17, 15) is 4.79 Å². The zero-order chi connectivity index (χ0) is 13.8. The predicted molar refractivity (Wildman–Crippen MR) is 73.8 cm³/mol. The molecule has 0 bridgehead atoms. The number of fused-ring (bicyclic) bond motifs is 1. The van der Waals surface area contributed by atoms with Gasteiger partial charge in [0.2, 0.25) is 0 Å². The lowest BCUT2D eigenvalue weighted by atomic mass is 9.99. The minimum absolute atomic E-state index is 0.0167. The Morgan fingerprint density at radius 1 is 1.58 bits per heavy atom. The van der Waals surface area contributed by atoms with Crippen molar-refractivity contribution in [1.29, 1.82) is 0 Å². The fourth-order valence-electron chi connectivity index (χ4n) is 2.20. The van der Waals surface area contributed by atoms with E-state index in [2.05, 4.69) is 0 Å². The second kappa shape index (κ2) is 6.37. The molecule has 1 atom stereocenters. The highest BCUT2D eigenvalue weighted by Crippen LogP contribution is 2.33. The molecule has 0 aliphatic carbocycles. The van der Waals surface area contributed by atoms with E-state index in [1.807, 2.05) is 6.07 Å². The van der Waals surface area contributed by atoms with Crippen molar-refractivity contribution in [3.05, 3.63) is 28.3 Å². The van der Waals surface area contributed by atoms with Gasteiger partial charge in [-0.25, -0.2) is 0 Å². The van der Waals surface area contributed by atoms with Crippen molar-refractivity contribution in [2.24, 2.45) is 5.73 Å². The van der Waals surface area contributed by atoms with Crippen molar-refractivity contribution >= 4 is 17.4 Å². The van der Waals surface area contributed by atoms with E-state index in [0.717, 1.165) is 23.3 Å². The molecule has 104 valence electrons. The molecule has 19 heavy (non-hydrogen) atoms. The number of ether oxygens (including phenoxy) is 2. The van der Waals surface area contributed by atoms with Crippen LogP contribution in [0.25, 0.3) is 0 Å².